The van der Waals surface area contributed by atoms with Crippen LogP contribution in [0.15, 0.2) is 29.3 Å². The summed E-state index contributed by atoms with van der Waals surface area (Å²) < 4.78 is 0. The number of aromatic amines is 1. The zero-order valence-corrected chi connectivity index (χ0v) is 51.0. The molecule has 1 aromatic heterocycles. The quantitative estimate of drug-likeness (QED) is 0.0125. The van der Waals surface area contributed by atoms with Crippen molar-refractivity contribution in [2.75, 3.05) is 65.4 Å². The molecule has 88 heavy (non-hydrogen) atoms. The molecule has 1 saturated heterocycles. The van der Waals surface area contributed by atoms with Crippen LogP contribution in [0.4, 0.5) is 0 Å². The van der Waals surface area contributed by atoms with E-state index in [1.807, 2.05) is 0 Å². The predicted octanol–water partition coefficient (Wildman–Crippen LogP) is -6.94. The molecule has 33 heteroatoms. The molecule has 2 rings (SSSR count). The Balaban J connectivity index is 2.36. The van der Waals surface area contributed by atoms with Crippen molar-refractivity contribution in [1.82, 2.24) is 62.7 Å². The lowest BCUT2D eigenvalue weighted by Crippen LogP contribution is -2.61. The lowest BCUT2D eigenvalue weighted by Gasteiger charge is -2.30. The number of aliphatic hydroxyl groups is 1. The standard InChI is InChI=1S/C55H102N22O11/c1-2-14-36(74-53(87)45(43(78)30-61)76-46(80)35(62)15-3-6-21-56)48(82)68-32-44(79)70-40(18-11-25-60)54(88)77-28-13-20-42(77)52(86)75-41(29-34-31-65-33-69-34)51(85)73-38(17-5-8-23-58)49(83)72-39(19-12-27-67-55(63)64)50(84)71-37(16-4-7-22-57)47(81)66-26-10-9-24-59/h19,31,33,35-38,40-43,45,78H,2-18,20-30,32,56-62H2,1H3,(H,65,69)(H,66,81)(H,68,82)(H,70,79)(H,71,84)(H,72,83)(H,73,85)(H,74,87)(H,75,86)(H,76,80)(H4,63,64,67)/b39-19-/t35-,36-,37-,38-,40+,41-,42-,43-,45-/m0/s1. The molecule has 1 aliphatic heterocycles. The van der Waals surface area contributed by atoms with Gasteiger partial charge in [-0.2, -0.15) is 0 Å². The molecule has 0 spiro atoms. The number of likely N-dealkylation sites (tertiary alicyclic amines) is 1. The van der Waals surface area contributed by atoms with Crippen molar-refractivity contribution >= 4 is 65.0 Å². The molecular formula is C55H102N22O11. The Hall–Kier alpha value is -7.40. The van der Waals surface area contributed by atoms with Gasteiger partial charge in [0.2, 0.25) is 53.2 Å². The lowest BCUT2D eigenvalue weighted by molar-refractivity contribution is -0.142. The van der Waals surface area contributed by atoms with Crippen molar-refractivity contribution in [3.8, 4) is 0 Å². The first-order valence-electron chi connectivity index (χ1n) is 30.6. The molecule has 0 aromatic carbocycles. The zero-order chi connectivity index (χ0) is 65.4. The van der Waals surface area contributed by atoms with Gasteiger partial charge in [-0.25, -0.2) is 4.98 Å². The largest absolute Gasteiger partial charge is 0.389 e. The van der Waals surface area contributed by atoms with Crippen LogP contribution in [0.1, 0.15) is 128 Å². The Bertz CT molecular complexity index is 2380. The first-order valence-corrected chi connectivity index (χ1v) is 30.6. The van der Waals surface area contributed by atoms with E-state index < -0.39 is 127 Å². The number of nitrogens with one attached hydrogen (secondary N) is 10. The topological polar surface area (TPSA) is 578 Å². The molecule has 33 nitrogen and oxygen atoms in total. The molecule has 0 radical (unpaired) electrons. The molecule has 0 saturated carbocycles. The number of amides is 10. The van der Waals surface area contributed by atoms with Crippen LogP contribution < -0.4 is 99.5 Å². The molecule has 1 fully saturated rings. The third-order valence-corrected chi connectivity index (χ3v) is 14.3. The van der Waals surface area contributed by atoms with Crippen molar-refractivity contribution in [3.05, 3.63) is 30.0 Å². The second-order valence-electron chi connectivity index (χ2n) is 21.5. The highest BCUT2D eigenvalue weighted by Crippen LogP contribution is 2.21. The summed E-state index contributed by atoms with van der Waals surface area (Å²) in [4.78, 5) is 151. The normalized spacial score (nSPS) is 15.8. The minimum absolute atomic E-state index is 0.0303. The van der Waals surface area contributed by atoms with Gasteiger partial charge in [-0.15, -0.1) is 0 Å². The number of aromatic nitrogens is 2. The molecule has 1 aliphatic rings. The fourth-order valence-corrected chi connectivity index (χ4v) is 9.36. The molecular weight excluding hydrogens is 1140 g/mol. The van der Waals surface area contributed by atoms with E-state index in [9.17, 15) is 53.1 Å². The van der Waals surface area contributed by atoms with Crippen LogP contribution in [0.3, 0.4) is 0 Å². The number of nitrogens with zero attached hydrogens (tertiary/aromatic N) is 3. The Morgan fingerprint density at radius 1 is 0.670 bits per heavy atom. The molecule has 29 N–H and O–H groups in total. The molecule has 0 unspecified atom stereocenters. The van der Waals surface area contributed by atoms with E-state index in [0.717, 1.165) is 0 Å². The second-order valence-corrected chi connectivity index (χ2v) is 21.5. The van der Waals surface area contributed by atoms with E-state index in [1.165, 1.54) is 23.5 Å². The summed E-state index contributed by atoms with van der Waals surface area (Å²) in [5.74, 6) is -7.71. The van der Waals surface area contributed by atoms with Crippen LogP contribution in [0.25, 0.3) is 0 Å². The molecule has 9 atom stereocenters. The van der Waals surface area contributed by atoms with Crippen molar-refractivity contribution in [1.29, 1.82) is 0 Å². The summed E-state index contributed by atoms with van der Waals surface area (Å²) in [5.41, 5.74) is 51.4. The first-order chi connectivity index (χ1) is 42.2. The van der Waals surface area contributed by atoms with Gasteiger partial charge in [0.15, 0.2) is 5.96 Å². The number of carbonyl (C=O) groups excluding carboxylic acids is 10. The smallest absolute Gasteiger partial charge is 0.268 e. The van der Waals surface area contributed by atoms with E-state index in [2.05, 4.69) is 62.8 Å². The average molecular weight is 1250 g/mol. The SMILES string of the molecule is CCC[C@H](NC(=O)[C@@H](NC(=O)[C@@H](N)CCCCN)[C@@H](O)CN)C(=O)NCC(=O)N[C@H](CCCN)C(=O)N1CCC[C@H]1C(=O)N[C@@H](Cc1cnc[nH]1)C(=O)N[C@@H](CCCCN)C(=O)N/C(=C\CCN=C(N)N)C(=O)N[C@@H](CCCCN)C(=O)NCCCCN. The second kappa shape index (κ2) is 44.1. The Kier molecular flexibility index (Phi) is 38.4. The molecule has 0 bridgehead atoms. The Labute approximate surface area is 514 Å². The highest BCUT2D eigenvalue weighted by molar-refractivity contribution is 6.02. The number of aliphatic imine (C=N–C) groups is 1. The van der Waals surface area contributed by atoms with Crippen molar-refractivity contribution in [2.45, 2.75) is 183 Å². The lowest BCUT2D eigenvalue weighted by atomic mass is 10.0. The van der Waals surface area contributed by atoms with Crippen LogP contribution in [0, 0.1) is 0 Å². The minimum atomic E-state index is -1.57. The number of rotatable bonds is 46. The number of hydrogen-bond donors (Lipinski definition) is 20. The van der Waals surface area contributed by atoms with Crippen molar-refractivity contribution in [3.63, 3.8) is 0 Å². The van der Waals surface area contributed by atoms with Crippen LogP contribution in [0.5, 0.6) is 0 Å². The van der Waals surface area contributed by atoms with Gasteiger partial charge in [-0.3, -0.25) is 52.9 Å². The number of unbranched alkanes of at least 4 members (excludes halogenated alkanes) is 4. The van der Waals surface area contributed by atoms with E-state index in [-0.39, 0.29) is 95.6 Å². The summed E-state index contributed by atoms with van der Waals surface area (Å²) in [6.07, 6.45) is 8.70. The number of guanidine groups is 1. The summed E-state index contributed by atoms with van der Waals surface area (Å²) in [6.45, 7) is 2.68. The fourth-order valence-electron chi connectivity index (χ4n) is 9.36. The summed E-state index contributed by atoms with van der Waals surface area (Å²) >= 11 is 0. The summed E-state index contributed by atoms with van der Waals surface area (Å²) in [6, 6.07) is -9.90. The van der Waals surface area contributed by atoms with Gasteiger partial charge in [0.05, 0.1) is 25.0 Å². The van der Waals surface area contributed by atoms with Crippen LogP contribution in [-0.4, -0.2) is 205 Å². The molecule has 2 heterocycles. The van der Waals surface area contributed by atoms with E-state index in [1.54, 1.807) is 6.92 Å². The maximum Gasteiger partial charge on any atom is 0.268 e. The monoisotopic (exact) mass is 1250 g/mol. The average Bonchev–Trinajstić information content (AvgIpc) is 3.65. The van der Waals surface area contributed by atoms with Gasteiger partial charge in [-0.1, -0.05) is 25.8 Å². The summed E-state index contributed by atoms with van der Waals surface area (Å²) in [7, 11) is 0. The first kappa shape index (κ1) is 76.7. The third kappa shape index (κ3) is 29.1. The third-order valence-electron chi connectivity index (χ3n) is 14.3. The van der Waals surface area contributed by atoms with Crippen LogP contribution >= 0.6 is 0 Å². The number of nitrogens with two attached hydrogens (primary N) is 9. The number of aliphatic hydroxyl groups excluding tert-OH is 1. The van der Waals surface area contributed by atoms with E-state index in [4.69, 9.17) is 51.6 Å². The number of imidazole rings is 1. The van der Waals surface area contributed by atoms with Gasteiger partial charge in [0, 0.05) is 44.5 Å². The molecule has 1 aromatic rings. The van der Waals surface area contributed by atoms with Crippen LogP contribution in [-0.2, 0) is 54.4 Å². The Morgan fingerprint density at radius 2 is 1.26 bits per heavy atom. The minimum Gasteiger partial charge on any atom is -0.389 e. The summed E-state index contributed by atoms with van der Waals surface area (Å²) in [5, 5.41) is 34.3. The fraction of sp³-hybridized carbons (Fsp3) is 0.709. The van der Waals surface area contributed by atoms with Gasteiger partial charge < -0.3 is 114 Å². The Morgan fingerprint density at radius 3 is 1.86 bits per heavy atom. The highest BCUT2D eigenvalue weighted by Gasteiger charge is 2.40. The predicted molar refractivity (Wildman–Crippen MR) is 329 cm³/mol. The number of H-pyrrole nitrogens is 1. The van der Waals surface area contributed by atoms with Crippen molar-refractivity contribution < 1.29 is 53.1 Å². The molecule has 498 valence electrons. The van der Waals surface area contributed by atoms with Crippen LogP contribution in [0.2, 0.25) is 0 Å². The maximum atomic E-state index is 14.5. The molecule has 10 amide bonds. The van der Waals surface area contributed by atoms with Gasteiger partial charge in [-0.05, 0) is 135 Å². The van der Waals surface area contributed by atoms with Gasteiger partial charge in [0.25, 0.3) is 5.91 Å². The zero-order valence-electron chi connectivity index (χ0n) is 51.0. The van der Waals surface area contributed by atoms with E-state index >= 15 is 0 Å². The maximum absolute atomic E-state index is 14.5. The van der Waals surface area contributed by atoms with E-state index in [0.29, 0.717) is 96.1 Å². The number of hydrogen-bond acceptors (Lipinski definition) is 20. The van der Waals surface area contributed by atoms with Gasteiger partial charge >= 0.3 is 0 Å². The molecule has 0 aliphatic carbocycles. The highest BCUT2D eigenvalue weighted by atomic mass is 16.3. The number of carbonyl (C=O) groups is 10. The van der Waals surface area contributed by atoms with Crippen molar-refractivity contribution in [2.24, 2.45) is 56.6 Å². The van der Waals surface area contributed by atoms with Gasteiger partial charge in [0.1, 0.15) is 48.0 Å².